The van der Waals surface area contributed by atoms with Gasteiger partial charge in [0.25, 0.3) is 0 Å². The van der Waals surface area contributed by atoms with Crippen LogP contribution in [0.5, 0.6) is 0 Å². The van der Waals surface area contributed by atoms with Crippen molar-refractivity contribution in [2.24, 2.45) is 5.41 Å². The van der Waals surface area contributed by atoms with E-state index in [1.165, 1.54) is 0 Å². The molecular weight excluding hydrogens is 230 g/mol. The van der Waals surface area contributed by atoms with Crippen molar-refractivity contribution in [2.75, 3.05) is 0 Å². The predicted octanol–water partition coefficient (Wildman–Crippen LogP) is 2.07. The van der Waals surface area contributed by atoms with Crippen molar-refractivity contribution in [3.8, 4) is 6.07 Å². The van der Waals surface area contributed by atoms with Crippen LogP contribution in [0.3, 0.4) is 0 Å². The van der Waals surface area contributed by atoms with Gasteiger partial charge in [-0.15, -0.1) is 0 Å². The molecule has 1 fully saturated rings. The fraction of sp³-hybridized carbons (Fsp3) is 0.615. The molecule has 1 aromatic rings. The Bertz CT molecular complexity index is 467. The number of aryl methyl sites for hydroxylation is 1. The standard InChI is InChI=1S/C13H17N3O2/c1-10-7-11(18-16-10)8-15-12(17)13(9-14)5-3-2-4-6-13/h7H,2-6,8H2,1H3,(H,15,17). The van der Waals surface area contributed by atoms with Crippen LogP contribution in [0, 0.1) is 23.7 Å². The third kappa shape index (κ3) is 2.53. The second-order valence-corrected chi connectivity index (χ2v) is 4.87. The zero-order valence-electron chi connectivity index (χ0n) is 10.5. The lowest BCUT2D eigenvalue weighted by molar-refractivity contribution is -0.129. The van der Waals surface area contributed by atoms with Crippen LogP contribution in [-0.2, 0) is 11.3 Å². The average molecular weight is 247 g/mol. The summed E-state index contributed by atoms with van der Waals surface area (Å²) < 4.78 is 5.02. The zero-order chi connectivity index (χ0) is 13.0. The van der Waals surface area contributed by atoms with Gasteiger partial charge in [0.1, 0.15) is 5.41 Å². The van der Waals surface area contributed by atoms with Gasteiger partial charge in [0.2, 0.25) is 5.91 Å². The minimum Gasteiger partial charge on any atom is -0.359 e. The predicted molar refractivity (Wildman–Crippen MR) is 64.2 cm³/mol. The van der Waals surface area contributed by atoms with Crippen LogP contribution in [0.25, 0.3) is 0 Å². The van der Waals surface area contributed by atoms with Crippen molar-refractivity contribution < 1.29 is 9.32 Å². The molecule has 2 rings (SSSR count). The van der Waals surface area contributed by atoms with Gasteiger partial charge in [-0.25, -0.2) is 0 Å². The fourth-order valence-corrected chi connectivity index (χ4v) is 2.38. The Morgan fingerprint density at radius 1 is 1.56 bits per heavy atom. The molecule has 18 heavy (non-hydrogen) atoms. The second-order valence-electron chi connectivity index (χ2n) is 4.87. The van der Waals surface area contributed by atoms with Crippen LogP contribution in [0.1, 0.15) is 43.6 Å². The summed E-state index contributed by atoms with van der Waals surface area (Å²) in [4.78, 5) is 12.1. The summed E-state index contributed by atoms with van der Waals surface area (Å²) in [5.41, 5.74) is -0.0558. The highest BCUT2D eigenvalue weighted by atomic mass is 16.5. The lowest BCUT2D eigenvalue weighted by atomic mass is 9.74. The number of nitrogens with zero attached hydrogens (tertiary/aromatic N) is 2. The van der Waals surface area contributed by atoms with Gasteiger partial charge in [-0.3, -0.25) is 4.79 Å². The molecule has 1 aliphatic carbocycles. The smallest absolute Gasteiger partial charge is 0.240 e. The number of hydrogen-bond donors (Lipinski definition) is 1. The highest BCUT2D eigenvalue weighted by Gasteiger charge is 2.39. The Kier molecular flexibility index (Phi) is 3.66. The van der Waals surface area contributed by atoms with E-state index >= 15 is 0 Å². The summed E-state index contributed by atoms with van der Waals surface area (Å²) in [6, 6.07) is 3.98. The molecule has 0 unspecified atom stereocenters. The topological polar surface area (TPSA) is 78.9 Å². The molecule has 1 amide bonds. The molecule has 0 aliphatic heterocycles. The highest BCUT2D eigenvalue weighted by molar-refractivity contribution is 5.85. The van der Waals surface area contributed by atoms with Gasteiger partial charge in [-0.05, 0) is 19.8 Å². The van der Waals surface area contributed by atoms with Crippen molar-refractivity contribution in [2.45, 2.75) is 45.6 Å². The number of hydrogen-bond acceptors (Lipinski definition) is 4. The lowest BCUT2D eigenvalue weighted by Crippen LogP contribution is -2.41. The van der Waals surface area contributed by atoms with E-state index in [1.807, 2.05) is 6.92 Å². The monoisotopic (exact) mass is 247 g/mol. The number of amides is 1. The van der Waals surface area contributed by atoms with Gasteiger partial charge < -0.3 is 9.84 Å². The van der Waals surface area contributed by atoms with Crippen LogP contribution >= 0.6 is 0 Å². The van der Waals surface area contributed by atoms with E-state index in [-0.39, 0.29) is 5.91 Å². The van der Waals surface area contributed by atoms with Gasteiger partial charge in [-0.2, -0.15) is 5.26 Å². The number of carbonyl (C=O) groups is 1. The van der Waals surface area contributed by atoms with E-state index in [1.54, 1.807) is 6.07 Å². The minimum atomic E-state index is -0.840. The van der Waals surface area contributed by atoms with Crippen LogP contribution in [0.15, 0.2) is 10.6 Å². The molecule has 0 radical (unpaired) electrons. The fourth-order valence-electron chi connectivity index (χ4n) is 2.38. The van der Waals surface area contributed by atoms with Crippen LogP contribution in [0.4, 0.5) is 0 Å². The first-order valence-corrected chi connectivity index (χ1v) is 6.28. The van der Waals surface area contributed by atoms with Gasteiger partial charge in [-0.1, -0.05) is 24.4 Å². The number of aromatic nitrogens is 1. The molecule has 1 aliphatic rings. The maximum absolute atomic E-state index is 12.1. The Morgan fingerprint density at radius 3 is 2.83 bits per heavy atom. The van der Waals surface area contributed by atoms with Crippen molar-refractivity contribution in [3.05, 3.63) is 17.5 Å². The Labute approximate surface area is 106 Å². The molecule has 1 aromatic heterocycles. The number of nitriles is 1. The second kappa shape index (κ2) is 5.21. The summed E-state index contributed by atoms with van der Waals surface area (Å²) in [6.45, 7) is 2.12. The molecular formula is C13H17N3O2. The van der Waals surface area contributed by atoms with E-state index in [0.717, 1.165) is 25.0 Å². The largest absolute Gasteiger partial charge is 0.359 e. The third-order valence-electron chi connectivity index (χ3n) is 3.46. The number of carbonyl (C=O) groups excluding carboxylic acids is 1. The van der Waals surface area contributed by atoms with Gasteiger partial charge in [0, 0.05) is 6.07 Å². The molecule has 5 heteroatoms. The molecule has 0 spiro atoms. The summed E-state index contributed by atoms with van der Waals surface area (Å²) >= 11 is 0. The molecule has 1 heterocycles. The molecule has 0 atom stereocenters. The minimum absolute atomic E-state index is 0.182. The molecule has 1 saturated carbocycles. The van der Waals surface area contributed by atoms with E-state index in [2.05, 4.69) is 16.5 Å². The lowest BCUT2D eigenvalue weighted by Gasteiger charge is -2.28. The molecule has 0 bridgehead atoms. The molecule has 5 nitrogen and oxygen atoms in total. The molecule has 1 N–H and O–H groups in total. The average Bonchev–Trinajstić information content (AvgIpc) is 2.82. The van der Waals surface area contributed by atoms with Crippen molar-refractivity contribution in [1.82, 2.24) is 10.5 Å². The number of nitrogens with one attached hydrogen (secondary N) is 1. The summed E-state index contributed by atoms with van der Waals surface area (Å²) in [5, 5.41) is 15.8. The van der Waals surface area contributed by atoms with E-state index in [4.69, 9.17) is 4.52 Å². The quantitative estimate of drug-likeness (QED) is 0.886. The highest BCUT2D eigenvalue weighted by Crippen LogP contribution is 2.35. The first kappa shape index (κ1) is 12.6. The van der Waals surface area contributed by atoms with Crippen LogP contribution in [-0.4, -0.2) is 11.1 Å². The third-order valence-corrected chi connectivity index (χ3v) is 3.46. The van der Waals surface area contributed by atoms with Crippen molar-refractivity contribution in [3.63, 3.8) is 0 Å². The first-order chi connectivity index (χ1) is 8.66. The van der Waals surface area contributed by atoms with Crippen LogP contribution in [0.2, 0.25) is 0 Å². The Balaban J connectivity index is 1.96. The first-order valence-electron chi connectivity index (χ1n) is 6.28. The van der Waals surface area contributed by atoms with Crippen molar-refractivity contribution >= 4 is 5.91 Å². The summed E-state index contributed by atoms with van der Waals surface area (Å²) in [7, 11) is 0. The Morgan fingerprint density at radius 2 is 2.28 bits per heavy atom. The SMILES string of the molecule is Cc1cc(CNC(=O)C2(C#N)CCCCC2)on1. The maximum Gasteiger partial charge on any atom is 0.240 e. The Hall–Kier alpha value is -1.83. The number of rotatable bonds is 3. The maximum atomic E-state index is 12.1. The molecule has 96 valence electrons. The molecule has 0 saturated heterocycles. The van der Waals surface area contributed by atoms with E-state index in [0.29, 0.717) is 25.1 Å². The summed E-state index contributed by atoms with van der Waals surface area (Å²) in [5.74, 6) is 0.434. The van der Waals surface area contributed by atoms with Crippen molar-refractivity contribution in [1.29, 1.82) is 5.26 Å². The normalized spacial score (nSPS) is 18.0. The van der Waals surface area contributed by atoms with E-state index in [9.17, 15) is 10.1 Å². The van der Waals surface area contributed by atoms with Gasteiger partial charge in [0.05, 0.1) is 18.3 Å². The van der Waals surface area contributed by atoms with Gasteiger partial charge in [0.15, 0.2) is 5.76 Å². The van der Waals surface area contributed by atoms with E-state index < -0.39 is 5.41 Å². The van der Waals surface area contributed by atoms with Gasteiger partial charge >= 0.3 is 0 Å². The zero-order valence-corrected chi connectivity index (χ0v) is 10.5. The van der Waals surface area contributed by atoms with Crippen LogP contribution < -0.4 is 5.32 Å². The summed E-state index contributed by atoms with van der Waals surface area (Å²) in [6.07, 6.45) is 4.32. The molecule has 0 aromatic carbocycles.